The fourth-order valence-electron chi connectivity index (χ4n) is 1.73. The number of rotatable bonds is 7. The van der Waals surface area contributed by atoms with Crippen LogP contribution in [0.2, 0.25) is 0 Å². The van der Waals surface area contributed by atoms with Gasteiger partial charge >= 0.3 is 5.69 Å². The lowest BCUT2D eigenvalue weighted by molar-refractivity contribution is -0.383. The summed E-state index contributed by atoms with van der Waals surface area (Å²) >= 11 is 0. The van der Waals surface area contributed by atoms with Crippen LogP contribution >= 0.6 is 0 Å². The SMILES string of the molecule is CCCN(CC(=O)NC)c1ncnc(NC)c1[N+](=O)[O-]. The van der Waals surface area contributed by atoms with Gasteiger partial charge in [-0.15, -0.1) is 0 Å². The van der Waals surface area contributed by atoms with Crippen molar-refractivity contribution in [3.05, 3.63) is 16.4 Å². The van der Waals surface area contributed by atoms with Crippen LogP contribution < -0.4 is 15.5 Å². The highest BCUT2D eigenvalue weighted by Crippen LogP contribution is 2.31. The first-order valence-corrected chi connectivity index (χ1v) is 6.17. The van der Waals surface area contributed by atoms with Crippen LogP contribution in [0.15, 0.2) is 6.33 Å². The molecular formula is C11H18N6O3. The van der Waals surface area contributed by atoms with E-state index in [9.17, 15) is 14.9 Å². The molecule has 1 rings (SSSR count). The minimum absolute atomic E-state index is 0.00531. The number of hydrogen-bond donors (Lipinski definition) is 2. The average Bonchev–Trinajstić information content (AvgIpc) is 2.45. The maximum atomic E-state index is 11.5. The maximum Gasteiger partial charge on any atom is 0.353 e. The Balaban J connectivity index is 3.24. The number of aromatic nitrogens is 2. The third-order valence-corrected chi connectivity index (χ3v) is 2.63. The third-order valence-electron chi connectivity index (χ3n) is 2.63. The Hall–Kier alpha value is -2.45. The van der Waals surface area contributed by atoms with Crippen LogP contribution in [0, 0.1) is 10.1 Å². The van der Waals surface area contributed by atoms with E-state index in [-0.39, 0.29) is 29.8 Å². The molecule has 1 aromatic heterocycles. The molecule has 0 radical (unpaired) electrons. The predicted octanol–water partition coefficient (Wildman–Crippen LogP) is 0.389. The largest absolute Gasteiger partial charge is 0.367 e. The van der Waals surface area contributed by atoms with Crippen molar-refractivity contribution in [1.29, 1.82) is 0 Å². The summed E-state index contributed by atoms with van der Waals surface area (Å²) in [5.74, 6) is 0.0233. The molecular weight excluding hydrogens is 264 g/mol. The first kappa shape index (κ1) is 15.6. The van der Waals surface area contributed by atoms with E-state index in [1.54, 1.807) is 11.9 Å². The average molecular weight is 282 g/mol. The quantitative estimate of drug-likeness (QED) is 0.549. The van der Waals surface area contributed by atoms with Crippen molar-refractivity contribution in [3.63, 3.8) is 0 Å². The van der Waals surface area contributed by atoms with Gasteiger partial charge in [0, 0.05) is 20.6 Å². The van der Waals surface area contributed by atoms with E-state index in [1.807, 2.05) is 6.92 Å². The molecule has 0 aliphatic carbocycles. The van der Waals surface area contributed by atoms with Crippen molar-refractivity contribution in [1.82, 2.24) is 15.3 Å². The van der Waals surface area contributed by atoms with Gasteiger partial charge in [-0.05, 0) is 6.42 Å². The molecule has 9 nitrogen and oxygen atoms in total. The number of likely N-dealkylation sites (N-methyl/N-ethyl adjacent to an activating group) is 1. The summed E-state index contributed by atoms with van der Waals surface area (Å²) < 4.78 is 0. The first-order chi connectivity index (χ1) is 9.54. The van der Waals surface area contributed by atoms with Crippen LogP contribution in [0.5, 0.6) is 0 Å². The van der Waals surface area contributed by atoms with Crippen LogP contribution in [-0.2, 0) is 4.79 Å². The highest BCUT2D eigenvalue weighted by atomic mass is 16.6. The number of nitro groups is 1. The second-order valence-electron chi connectivity index (χ2n) is 4.00. The summed E-state index contributed by atoms with van der Waals surface area (Å²) in [5.41, 5.74) is -0.229. The van der Waals surface area contributed by atoms with Crippen molar-refractivity contribution in [2.45, 2.75) is 13.3 Å². The van der Waals surface area contributed by atoms with E-state index < -0.39 is 4.92 Å². The van der Waals surface area contributed by atoms with Gasteiger partial charge in [-0.25, -0.2) is 9.97 Å². The highest BCUT2D eigenvalue weighted by molar-refractivity contribution is 5.82. The van der Waals surface area contributed by atoms with E-state index in [0.717, 1.165) is 6.42 Å². The van der Waals surface area contributed by atoms with E-state index in [2.05, 4.69) is 20.6 Å². The molecule has 2 N–H and O–H groups in total. The molecule has 1 heterocycles. The smallest absolute Gasteiger partial charge is 0.353 e. The molecule has 0 saturated carbocycles. The molecule has 0 unspecified atom stereocenters. The number of nitrogens with zero attached hydrogens (tertiary/aromatic N) is 4. The molecule has 0 aliphatic heterocycles. The van der Waals surface area contributed by atoms with Crippen LogP contribution in [-0.4, -0.2) is 48.0 Å². The normalized spacial score (nSPS) is 9.95. The van der Waals surface area contributed by atoms with Crippen LogP contribution in [0.25, 0.3) is 0 Å². The van der Waals surface area contributed by atoms with Gasteiger partial charge in [0.25, 0.3) is 0 Å². The van der Waals surface area contributed by atoms with Gasteiger partial charge in [-0.3, -0.25) is 14.9 Å². The Labute approximate surface area is 116 Å². The van der Waals surface area contributed by atoms with Crippen LogP contribution in [0.1, 0.15) is 13.3 Å². The van der Waals surface area contributed by atoms with Crippen molar-refractivity contribution in [2.75, 3.05) is 37.4 Å². The van der Waals surface area contributed by atoms with Gasteiger partial charge in [-0.2, -0.15) is 0 Å². The molecule has 110 valence electrons. The Morgan fingerprint density at radius 1 is 1.45 bits per heavy atom. The molecule has 20 heavy (non-hydrogen) atoms. The van der Waals surface area contributed by atoms with Gasteiger partial charge in [0.05, 0.1) is 11.5 Å². The van der Waals surface area contributed by atoms with Gasteiger partial charge in [0.2, 0.25) is 17.5 Å². The fraction of sp³-hybridized carbons (Fsp3) is 0.545. The monoisotopic (exact) mass is 282 g/mol. The van der Waals surface area contributed by atoms with E-state index >= 15 is 0 Å². The Kier molecular flexibility index (Phi) is 5.63. The molecule has 0 spiro atoms. The predicted molar refractivity (Wildman–Crippen MR) is 74.8 cm³/mol. The molecule has 1 aromatic rings. The molecule has 0 atom stereocenters. The van der Waals surface area contributed by atoms with Crippen molar-refractivity contribution in [2.24, 2.45) is 0 Å². The molecule has 9 heteroatoms. The number of hydrogen-bond acceptors (Lipinski definition) is 7. The lowest BCUT2D eigenvalue weighted by Gasteiger charge is -2.22. The minimum Gasteiger partial charge on any atom is -0.367 e. The molecule has 1 amide bonds. The molecule has 0 bridgehead atoms. The highest BCUT2D eigenvalue weighted by Gasteiger charge is 2.27. The second-order valence-corrected chi connectivity index (χ2v) is 4.00. The third kappa shape index (κ3) is 3.53. The number of carbonyl (C=O) groups is 1. The molecule has 0 saturated heterocycles. The first-order valence-electron chi connectivity index (χ1n) is 6.17. The van der Waals surface area contributed by atoms with Gasteiger partial charge in [0.1, 0.15) is 6.33 Å². The summed E-state index contributed by atoms with van der Waals surface area (Å²) in [7, 11) is 3.06. The number of amides is 1. The lowest BCUT2D eigenvalue weighted by Crippen LogP contribution is -2.37. The van der Waals surface area contributed by atoms with E-state index in [0.29, 0.717) is 6.54 Å². The molecule has 0 fully saturated rings. The van der Waals surface area contributed by atoms with Gasteiger partial charge in [0.15, 0.2) is 0 Å². The van der Waals surface area contributed by atoms with Gasteiger partial charge in [-0.1, -0.05) is 6.92 Å². The van der Waals surface area contributed by atoms with Crippen molar-refractivity contribution < 1.29 is 9.72 Å². The summed E-state index contributed by atoms with van der Waals surface area (Å²) in [6.45, 7) is 2.41. The molecule has 0 aromatic carbocycles. The lowest BCUT2D eigenvalue weighted by atomic mass is 10.3. The Morgan fingerprint density at radius 2 is 2.15 bits per heavy atom. The summed E-state index contributed by atoms with van der Waals surface area (Å²) in [6, 6.07) is 0. The second kappa shape index (κ2) is 7.22. The summed E-state index contributed by atoms with van der Waals surface area (Å²) in [5, 5.41) is 16.4. The van der Waals surface area contributed by atoms with Crippen LogP contribution in [0.3, 0.4) is 0 Å². The van der Waals surface area contributed by atoms with Crippen molar-refractivity contribution >= 4 is 23.2 Å². The summed E-state index contributed by atoms with van der Waals surface area (Å²) in [6.07, 6.45) is 1.97. The zero-order valence-electron chi connectivity index (χ0n) is 11.7. The molecule has 0 aliphatic rings. The standard InChI is InChI=1S/C11H18N6O3/c1-4-5-16(6-8(18)12-2)11-9(17(19)20)10(13-3)14-7-15-11/h7H,4-6H2,1-3H3,(H,12,18)(H,13,14,15). The van der Waals surface area contributed by atoms with Crippen molar-refractivity contribution in [3.8, 4) is 0 Å². The van der Waals surface area contributed by atoms with E-state index in [1.165, 1.54) is 13.4 Å². The topological polar surface area (TPSA) is 113 Å². The minimum atomic E-state index is -0.548. The summed E-state index contributed by atoms with van der Waals surface area (Å²) in [4.78, 5) is 31.6. The number of anilines is 2. The van der Waals surface area contributed by atoms with E-state index in [4.69, 9.17) is 0 Å². The van der Waals surface area contributed by atoms with Crippen LogP contribution in [0.4, 0.5) is 17.3 Å². The zero-order valence-corrected chi connectivity index (χ0v) is 11.7. The Morgan fingerprint density at radius 3 is 2.65 bits per heavy atom. The van der Waals surface area contributed by atoms with Gasteiger partial charge < -0.3 is 15.5 Å². The zero-order chi connectivity index (χ0) is 15.1. The fourth-order valence-corrected chi connectivity index (χ4v) is 1.73. The maximum absolute atomic E-state index is 11.5. The number of carbonyl (C=O) groups excluding carboxylic acids is 1. The Bertz CT molecular complexity index is 493. The number of nitrogens with one attached hydrogen (secondary N) is 2.